The maximum absolute atomic E-state index is 11.4. The summed E-state index contributed by atoms with van der Waals surface area (Å²) in [6.07, 6.45) is 3.05. The summed E-state index contributed by atoms with van der Waals surface area (Å²) in [6.45, 7) is 0.303. The fourth-order valence-corrected chi connectivity index (χ4v) is 1.58. The topological polar surface area (TPSA) is 104 Å². The first kappa shape index (κ1) is 11.8. The zero-order valence-electron chi connectivity index (χ0n) is 9.54. The molecule has 0 aliphatic heterocycles. The molecule has 1 aromatic carbocycles. The highest BCUT2D eigenvalue weighted by Crippen LogP contribution is 2.14. The van der Waals surface area contributed by atoms with Crippen molar-refractivity contribution in [3.63, 3.8) is 0 Å². The van der Waals surface area contributed by atoms with Crippen LogP contribution in [0.25, 0.3) is 0 Å². The van der Waals surface area contributed by atoms with Crippen LogP contribution in [-0.2, 0) is 6.54 Å². The van der Waals surface area contributed by atoms with Gasteiger partial charge in [-0.3, -0.25) is 9.36 Å². The van der Waals surface area contributed by atoms with E-state index < -0.39 is 5.91 Å². The Morgan fingerprint density at radius 1 is 1.39 bits per heavy atom. The van der Waals surface area contributed by atoms with Crippen LogP contribution in [0.5, 0.6) is 0 Å². The minimum atomic E-state index is -0.535. The summed E-state index contributed by atoms with van der Waals surface area (Å²) >= 11 is 0. The van der Waals surface area contributed by atoms with Gasteiger partial charge >= 0.3 is 5.69 Å². The fraction of sp³-hybridized carbons (Fsp3) is 0.0833. The highest BCUT2D eigenvalue weighted by atomic mass is 16.1. The third-order valence-electron chi connectivity index (χ3n) is 2.55. The second-order valence-corrected chi connectivity index (χ2v) is 3.81. The van der Waals surface area contributed by atoms with Crippen molar-refractivity contribution in [2.45, 2.75) is 6.54 Å². The molecule has 2 aromatic rings. The molecule has 0 aliphatic carbocycles. The van der Waals surface area contributed by atoms with E-state index >= 15 is 0 Å². The monoisotopic (exact) mass is 244 g/mol. The molecule has 92 valence electrons. The third kappa shape index (κ3) is 2.37. The molecule has 0 saturated carbocycles. The normalized spacial score (nSPS) is 10.2. The van der Waals surface area contributed by atoms with Crippen LogP contribution < -0.4 is 17.2 Å². The predicted molar refractivity (Wildman–Crippen MR) is 67.0 cm³/mol. The number of hydrogen-bond donors (Lipinski definition) is 2. The van der Waals surface area contributed by atoms with Crippen LogP contribution >= 0.6 is 0 Å². The molecule has 0 atom stereocenters. The number of nitrogen functional groups attached to an aromatic ring is 1. The Hall–Kier alpha value is -2.63. The second kappa shape index (κ2) is 4.70. The quantitative estimate of drug-likeness (QED) is 0.740. The molecule has 6 heteroatoms. The van der Waals surface area contributed by atoms with Gasteiger partial charge in [0.25, 0.3) is 0 Å². The van der Waals surface area contributed by atoms with E-state index in [1.54, 1.807) is 24.4 Å². The van der Waals surface area contributed by atoms with Crippen molar-refractivity contribution in [3.05, 3.63) is 58.3 Å². The minimum absolute atomic E-state index is 0.303. The highest BCUT2D eigenvalue weighted by molar-refractivity contribution is 5.93. The van der Waals surface area contributed by atoms with Crippen molar-refractivity contribution in [2.24, 2.45) is 5.73 Å². The predicted octanol–water partition coefficient (Wildman–Crippen LogP) is -0.0273. The highest BCUT2D eigenvalue weighted by Gasteiger charge is 2.06. The number of primary amides is 1. The minimum Gasteiger partial charge on any atom is -0.398 e. The van der Waals surface area contributed by atoms with Crippen LogP contribution in [0, 0.1) is 0 Å². The summed E-state index contributed by atoms with van der Waals surface area (Å²) < 4.78 is 1.43. The number of nitrogens with two attached hydrogens (primary N) is 2. The molecule has 0 unspecified atom stereocenters. The summed E-state index contributed by atoms with van der Waals surface area (Å²) in [4.78, 5) is 26.1. The van der Waals surface area contributed by atoms with Gasteiger partial charge in [-0.25, -0.2) is 9.78 Å². The molecule has 0 radical (unpaired) electrons. The Balaban J connectivity index is 2.33. The smallest absolute Gasteiger partial charge is 0.347 e. The summed E-state index contributed by atoms with van der Waals surface area (Å²) in [7, 11) is 0. The first-order valence-corrected chi connectivity index (χ1v) is 5.27. The fourth-order valence-electron chi connectivity index (χ4n) is 1.58. The van der Waals surface area contributed by atoms with Gasteiger partial charge in [0, 0.05) is 23.6 Å². The third-order valence-corrected chi connectivity index (χ3v) is 2.55. The molecule has 0 saturated heterocycles. The molecular formula is C12H12N4O2. The molecule has 18 heavy (non-hydrogen) atoms. The number of aromatic nitrogens is 2. The summed E-state index contributed by atoms with van der Waals surface area (Å²) in [6, 6.07) is 6.42. The van der Waals surface area contributed by atoms with Gasteiger partial charge in [-0.2, -0.15) is 0 Å². The Kier molecular flexibility index (Phi) is 3.09. The van der Waals surface area contributed by atoms with Gasteiger partial charge in [-0.1, -0.05) is 6.07 Å². The number of carbonyl (C=O) groups is 1. The number of carbonyl (C=O) groups excluding carboxylic acids is 1. The van der Waals surface area contributed by atoms with E-state index in [0.717, 1.165) is 5.56 Å². The van der Waals surface area contributed by atoms with Crippen LogP contribution in [-0.4, -0.2) is 15.5 Å². The van der Waals surface area contributed by atoms with Gasteiger partial charge in [0.15, 0.2) is 0 Å². The van der Waals surface area contributed by atoms with Crippen molar-refractivity contribution < 1.29 is 4.79 Å². The van der Waals surface area contributed by atoms with E-state index in [0.29, 0.717) is 17.8 Å². The maximum Gasteiger partial charge on any atom is 0.347 e. The number of amides is 1. The van der Waals surface area contributed by atoms with E-state index in [1.165, 1.54) is 16.8 Å². The molecule has 0 spiro atoms. The Morgan fingerprint density at radius 2 is 2.17 bits per heavy atom. The van der Waals surface area contributed by atoms with Crippen molar-refractivity contribution in [1.82, 2.24) is 9.55 Å². The first-order chi connectivity index (χ1) is 8.58. The van der Waals surface area contributed by atoms with E-state index in [-0.39, 0.29) is 5.69 Å². The lowest BCUT2D eigenvalue weighted by atomic mass is 10.1. The molecule has 1 heterocycles. The van der Waals surface area contributed by atoms with Crippen LogP contribution in [0.1, 0.15) is 15.9 Å². The molecule has 1 aromatic heterocycles. The van der Waals surface area contributed by atoms with Gasteiger partial charge in [0.1, 0.15) is 0 Å². The Morgan fingerprint density at radius 3 is 2.78 bits per heavy atom. The molecule has 0 bridgehead atoms. The van der Waals surface area contributed by atoms with Gasteiger partial charge in [-0.15, -0.1) is 0 Å². The molecule has 4 N–H and O–H groups in total. The number of nitrogens with zero attached hydrogens (tertiary/aromatic N) is 2. The van der Waals surface area contributed by atoms with Gasteiger partial charge in [0.05, 0.1) is 6.54 Å². The molecule has 2 rings (SSSR count). The van der Waals surface area contributed by atoms with Crippen LogP contribution in [0.4, 0.5) is 5.69 Å². The standard InChI is InChI=1S/C12H12N4O2/c13-10-6-8(11(14)17)2-3-9(10)7-16-5-1-4-15-12(16)18/h1-6H,7,13H2,(H2,14,17). The molecule has 6 nitrogen and oxygen atoms in total. The average molecular weight is 244 g/mol. The average Bonchev–Trinajstić information content (AvgIpc) is 2.34. The van der Waals surface area contributed by atoms with Gasteiger partial charge in [0.2, 0.25) is 5.91 Å². The number of anilines is 1. The second-order valence-electron chi connectivity index (χ2n) is 3.81. The van der Waals surface area contributed by atoms with E-state index in [9.17, 15) is 9.59 Å². The zero-order chi connectivity index (χ0) is 13.1. The first-order valence-electron chi connectivity index (χ1n) is 5.27. The van der Waals surface area contributed by atoms with Gasteiger partial charge < -0.3 is 11.5 Å². The summed E-state index contributed by atoms with van der Waals surface area (Å²) in [5.41, 5.74) is 12.1. The van der Waals surface area contributed by atoms with E-state index in [1.807, 2.05) is 0 Å². The lowest BCUT2D eigenvalue weighted by molar-refractivity contribution is 0.100. The maximum atomic E-state index is 11.4. The summed E-state index contributed by atoms with van der Waals surface area (Å²) in [5.74, 6) is -0.535. The lowest BCUT2D eigenvalue weighted by Gasteiger charge is -2.08. The number of benzene rings is 1. The number of hydrogen-bond acceptors (Lipinski definition) is 4. The molecule has 0 aliphatic rings. The SMILES string of the molecule is NC(=O)c1ccc(Cn2cccnc2=O)c(N)c1. The Labute approximate surface area is 103 Å². The molecular weight excluding hydrogens is 232 g/mol. The van der Waals surface area contributed by atoms with Crippen molar-refractivity contribution in [3.8, 4) is 0 Å². The van der Waals surface area contributed by atoms with Crippen LogP contribution in [0.2, 0.25) is 0 Å². The van der Waals surface area contributed by atoms with Crippen molar-refractivity contribution in [2.75, 3.05) is 5.73 Å². The summed E-state index contributed by atoms with van der Waals surface area (Å²) in [5, 5.41) is 0. The Bertz CT molecular complexity index is 649. The van der Waals surface area contributed by atoms with Crippen LogP contribution in [0.15, 0.2) is 41.5 Å². The van der Waals surface area contributed by atoms with Crippen molar-refractivity contribution >= 4 is 11.6 Å². The van der Waals surface area contributed by atoms with Gasteiger partial charge in [-0.05, 0) is 23.8 Å². The van der Waals surface area contributed by atoms with E-state index in [4.69, 9.17) is 11.5 Å². The van der Waals surface area contributed by atoms with E-state index in [2.05, 4.69) is 4.98 Å². The lowest BCUT2D eigenvalue weighted by Crippen LogP contribution is -2.22. The number of rotatable bonds is 3. The largest absolute Gasteiger partial charge is 0.398 e. The zero-order valence-corrected chi connectivity index (χ0v) is 9.54. The van der Waals surface area contributed by atoms with Crippen LogP contribution in [0.3, 0.4) is 0 Å². The molecule has 0 fully saturated rings. The van der Waals surface area contributed by atoms with Crippen molar-refractivity contribution in [1.29, 1.82) is 0 Å². The molecule has 1 amide bonds.